The van der Waals surface area contributed by atoms with Crippen LogP contribution in [0.4, 0.5) is 0 Å². The molecule has 14 aromatic rings. The molecule has 8 aliphatic carbocycles. The number of aryl methyl sites for hydroxylation is 14. The maximum atomic E-state index is 12.8. The van der Waals surface area contributed by atoms with Gasteiger partial charge in [0.05, 0.1) is 0 Å². The van der Waals surface area contributed by atoms with Crippen LogP contribution in [0.5, 0.6) is 0 Å². The van der Waals surface area contributed by atoms with Gasteiger partial charge in [0, 0.05) is 119 Å². The fourth-order valence-corrected chi connectivity index (χ4v) is 24.5. The number of hydrogen-bond acceptors (Lipinski definition) is 7. The summed E-state index contributed by atoms with van der Waals surface area (Å²) in [5.41, 5.74) is 29.6. The van der Waals surface area contributed by atoms with Gasteiger partial charge in [-0.15, -0.1) is 0 Å². The highest BCUT2D eigenvalue weighted by molar-refractivity contribution is 6.05. The Balaban J connectivity index is 0.000000129. The molecule has 147 heavy (non-hydrogen) atoms. The molecule has 7 aromatic heterocycles. The molecule has 0 saturated heterocycles. The van der Waals surface area contributed by atoms with Gasteiger partial charge in [-0.2, -0.15) is 0 Å². The number of carbonyl (C=O) groups excluding carboxylic acids is 7. The molecule has 2 bridgehead atoms. The van der Waals surface area contributed by atoms with E-state index >= 15 is 0 Å². The van der Waals surface area contributed by atoms with E-state index in [1.807, 2.05) is 42.5 Å². The number of unbranched alkanes of at least 4 members (excludes halogenated alkanes) is 4. The maximum Gasteiger partial charge on any atom is 0.267 e. The second-order valence-electron chi connectivity index (χ2n) is 46.1. The quantitative estimate of drug-likeness (QED) is 0.0274. The van der Waals surface area contributed by atoms with E-state index in [0.29, 0.717) is 87.4 Å². The number of fused-ring (bicyclic) bond motifs is 9. The first-order valence-electron chi connectivity index (χ1n) is 55.7. The summed E-state index contributed by atoms with van der Waals surface area (Å²) in [6.45, 7) is 43.8. The second kappa shape index (κ2) is 49.2. The molecule has 0 unspecified atom stereocenters. The van der Waals surface area contributed by atoms with Crippen LogP contribution in [0.2, 0.25) is 0 Å². The first kappa shape index (κ1) is 109. The topological polar surface area (TPSA) is 314 Å². The largest absolute Gasteiger partial charge is 0.351 e. The number of hydrogen-bond donors (Lipinski definition) is 14. The normalized spacial score (nSPS) is 19.8. The average Bonchev–Trinajstić information content (AvgIpc) is 0.902. The Kier molecular flexibility index (Phi) is 36.4. The van der Waals surface area contributed by atoms with Crippen molar-refractivity contribution in [2.24, 2.45) is 35.0 Å². The Morgan fingerprint density at radius 1 is 0.265 bits per heavy atom. The third kappa shape index (κ3) is 28.0. The predicted octanol–water partition coefficient (Wildman–Crippen LogP) is 28.8. The lowest BCUT2D eigenvalue weighted by Gasteiger charge is -2.62. The van der Waals surface area contributed by atoms with Gasteiger partial charge in [-0.05, 0) is 404 Å². The predicted molar refractivity (Wildman–Crippen MR) is 607 cm³/mol. The van der Waals surface area contributed by atoms with E-state index in [9.17, 15) is 33.6 Å². The molecule has 4 atom stereocenters. The fraction of sp³-hybridized carbons (Fsp3) is 0.500. The van der Waals surface area contributed by atoms with E-state index in [0.717, 1.165) is 184 Å². The van der Waals surface area contributed by atoms with Gasteiger partial charge in [-0.25, -0.2) is 0 Å². The molecule has 7 aromatic carbocycles. The highest BCUT2D eigenvalue weighted by atomic mass is 16.2. The molecule has 0 spiro atoms. The summed E-state index contributed by atoms with van der Waals surface area (Å²) in [5, 5.41) is 30.1. The molecule has 22 rings (SSSR count). The van der Waals surface area contributed by atoms with Gasteiger partial charge in [0.15, 0.2) is 0 Å². The molecule has 784 valence electrons. The van der Waals surface area contributed by atoms with Crippen molar-refractivity contribution in [3.8, 4) is 0 Å². The lowest BCUT2D eigenvalue weighted by Crippen LogP contribution is -2.60. The van der Waals surface area contributed by atoms with Crippen LogP contribution >= 0.6 is 0 Å². The van der Waals surface area contributed by atoms with Crippen molar-refractivity contribution in [3.63, 3.8) is 0 Å². The fourth-order valence-electron chi connectivity index (χ4n) is 24.5. The first-order chi connectivity index (χ1) is 70.3. The van der Waals surface area contributed by atoms with E-state index < -0.39 is 0 Å². The van der Waals surface area contributed by atoms with Crippen molar-refractivity contribution in [3.05, 3.63) is 245 Å². The zero-order valence-corrected chi connectivity index (χ0v) is 91.8. The molecular formula is C126H168N14O7. The van der Waals surface area contributed by atoms with Gasteiger partial charge in [0.2, 0.25) is 0 Å². The number of nitrogens with one attached hydrogen (secondary N) is 14. The Labute approximate surface area is 872 Å². The minimum Gasteiger partial charge on any atom is -0.351 e. The molecule has 7 amide bonds. The first-order valence-corrected chi connectivity index (χ1v) is 55.7. The van der Waals surface area contributed by atoms with E-state index in [4.69, 9.17) is 0 Å². The van der Waals surface area contributed by atoms with Gasteiger partial charge >= 0.3 is 0 Å². The third-order valence-electron chi connectivity index (χ3n) is 33.1. The van der Waals surface area contributed by atoms with Crippen molar-refractivity contribution in [1.82, 2.24) is 72.1 Å². The van der Waals surface area contributed by atoms with Gasteiger partial charge in [-0.3, -0.25) is 33.6 Å². The van der Waals surface area contributed by atoms with Crippen LogP contribution in [0, 0.1) is 132 Å². The van der Waals surface area contributed by atoms with Crippen molar-refractivity contribution in [1.29, 1.82) is 0 Å². The number of rotatable bonds is 19. The van der Waals surface area contributed by atoms with Crippen LogP contribution in [-0.4, -0.2) is 119 Å². The van der Waals surface area contributed by atoms with Crippen molar-refractivity contribution in [2.45, 2.75) is 367 Å². The van der Waals surface area contributed by atoms with Crippen molar-refractivity contribution < 1.29 is 33.6 Å². The van der Waals surface area contributed by atoms with Crippen LogP contribution in [0.1, 0.15) is 385 Å². The molecule has 0 aliphatic heterocycles. The summed E-state index contributed by atoms with van der Waals surface area (Å²) < 4.78 is 0. The standard InChI is InChI=1S/C21H28N2O.3C18H24N2O.C18H26N2O.C17H22N2O.C16H20N2O/c1-11-6-12(2)15-10-19(22-18(15)7-11)20(24)23-17-9-14-8-16(13(17)3)21(14,4)5;2*1-11-4-6-14(7-5-11)19-18(21)17-10-15-13(3)8-12(2)9-16(15)20-17;1-12-9-13(2)15-11-17(20-16(15)10-12)18(21)19-14-7-5-3-4-6-8-14;1-4-5-6-7-8-9-19-18(21)17-12-15-14(3)10-13(2)11-16(15)20-17;1-11-8-12(2)14-10-16(19-15(14)9-11)17(20)18-13-6-4-3-5-7-13;1-10-7-11(2)13-9-15(18-14(13)8-10)16(19)17-12-5-3-4-6-12/h6-7,10,13-14,16-17,22H,8-9H2,1-5H3,(H,23,24);2*8-11,14,20H,4-7H2,1-3H3,(H,19,21);9-11,14,20H,3-8H2,1-2H3,(H,19,21);10-12,20H,4-9H2,1-3H3,(H,19,21);8-10,13,19H,3-7H2,1-2H3,(H,18,20);7-9,12,18H,3-6H2,1-2H3,(H,17,19)/t13-,14+,16-,17-;;;;;;/m1....../s1. The summed E-state index contributed by atoms with van der Waals surface area (Å²) in [7, 11) is 0. The minimum atomic E-state index is -0.00116. The lowest BCUT2D eigenvalue weighted by molar-refractivity contribution is -0.113. The molecule has 7 heterocycles. The molecule has 8 fully saturated rings. The van der Waals surface area contributed by atoms with Gasteiger partial charge in [0.1, 0.15) is 39.9 Å². The van der Waals surface area contributed by atoms with Gasteiger partial charge in [0.25, 0.3) is 41.4 Å². The lowest BCUT2D eigenvalue weighted by atomic mass is 9.45. The molecule has 8 aliphatic rings. The third-order valence-corrected chi connectivity index (χ3v) is 33.1. The van der Waals surface area contributed by atoms with Crippen LogP contribution in [0.3, 0.4) is 0 Å². The Bertz CT molecular complexity index is 6860. The highest BCUT2D eigenvalue weighted by Gasteiger charge is 2.56. The number of carbonyl (C=O) groups is 7. The van der Waals surface area contributed by atoms with E-state index in [1.54, 1.807) is 0 Å². The molecule has 0 radical (unpaired) electrons. The van der Waals surface area contributed by atoms with Gasteiger partial charge < -0.3 is 72.1 Å². The second-order valence-corrected chi connectivity index (χ2v) is 46.1. The van der Waals surface area contributed by atoms with E-state index in [-0.39, 0.29) is 41.4 Å². The number of amides is 7. The minimum absolute atomic E-state index is 0.00116. The Morgan fingerprint density at radius 2 is 0.490 bits per heavy atom. The molecule has 14 N–H and O–H groups in total. The van der Waals surface area contributed by atoms with Crippen molar-refractivity contribution >= 4 is 118 Å². The number of aromatic nitrogens is 7. The van der Waals surface area contributed by atoms with Crippen molar-refractivity contribution in [2.75, 3.05) is 6.54 Å². The Morgan fingerprint density at radius 3 is 0.735 bits per heavy atom. The molecule has 21 heteroatoms. The number of H-pyrrole nitrogens is 7. The molecule has 21 nitrogen and oxygen atoms in total. The monoisotopic (exact) mass is 1990 g/mol. The van der Waals surface area contributed by atoms with Crippen LogP contribution in [-0.2, 0) is 0 Å². The zero-order chi connectivity index (χ0) is 105. The van der Waals surface area contributed by atoms with Gasteiger partial charge in [-0.1, -0.05) is 167 Å². The highest BCUT2D eigenvalue weighted by Crippen LogP contribution is 2.61. The summed E-state index contributed by atoms with van der Waals surface area (Å²) >= 11 is 0. The number of aromatic amines is 7. The molecule has 8 saturated carbocycles. The average molecular weight is 1990 g/mol. The maximum absolute atomic E-state index is 12.8. The molecular weight excluding hydrogens is 1820 g/mol. The number of benzene rings is 7. The van der Waals surface area contributed by atoms with E-state index in [2.05, 4.69) is 296 Å². The van der Waals surface area contributed by atoms with Crippen LogP contribution in [0.15, 0.2) is 127 Å². The van der Waals surface area contributed by atoms with E-state index in [1.165, 1.54) is 193 Å². The Hall–Kier alpha value is -12.4. The summed E-state index contributed by atoms with van der Waals surface area (Å²) in [6, 6.07) is 45.6. The summed E-state index contributed by atoms with van der Waals surface area (Å²) in [5.74, 6) is 3.87. The summed E-state index contributed by atoms with van der Waals surface area (Å²) in [6.07, 6.45) is 35.8. The summed E-state index contributed by atoms with van der Waals surface area (Å²) in [4.78, 5) is 110. The van der Waals surface area contributed by atoms with Crippen LogP contribution in [0.25, 0.3) is 76.3 Å². The SMILES string of the molecule is CCCCCCCNC(=O)c1cc2c(C)cc(C)cc2[nH]1.Cc1cc(C)c2cc(C(=O)NC3CCC(C)CC3)[nH]c2c1.Cc1cc(C)c2cc(C(=O)NC3CCC(C)CC3)[nH]c2c1.Cc1cc(C)c2cc(C(=O)NC3CCCC3)[nH]c2c1.Cc1cc(C)c2cc(C(=O)NC3CCCCC3)[nH]c2c1.Cc1cc(C)c2cc(C(=O)NC3CCCCCC3)[nH]c2c1.Cc1cc(C)c2cc(C(=O)N[C@@H]3C[C@@H]4C[C@H]([C@H]3C)C4(C)C)[nH]c2c1. The van der Waals surface area contributed by atoms with Crippen LogP contribution < -0.4 is 37.2 Å². The zero-order valence-electron chi connectivity index (χ0n) is 91.8. The smallest absolute Gasteiger partial charge is 0.267 e.